The maximum atomic E-state index is 11.3. The Kier molecular flexibility index (Phi) is 6.67. The molecule has 4 aliphatic heterocycles. The van der Waals surface area contributed by atoms with Crippen LogP contribution in [0.15, 0.2) is 0 Å². The number of hydrogen-bond donors (Lipinski definition) is 3. The van der Waals surface area contributed by atoms with Gasteiger partial charge in [-0.15, -0.1) is 0 Å². The molecule has 1 spiro atoms. The molecule has 3 N–H and O–H groups in total. The lowest BCUT2D eigenvalue weighted by molar-refractivity contribution is -0.338. The van der Waals surface area contributed by atoms with E-state index in [4.69, 9.17) is 28.8 Å². The van der Waals surface area contributed by atoms with E-state index in [0.717, 1.165) is 0 Å². The number of carbonyl (C=O) groups is 1. The van der Waals surface area contributed by atoms with Crippen molar-refractivity contribution in [2.24, 2.45) is 17.8 Å². The molecule has 0 bridgehead atoms. The van der Waals surface area contributed by atoms with Gasteiger partial charge in [-0.3, -0.25) is 4.79 Å². The Morgan fingerprint density at radius 2 is 1.84 bits per heavy atom. The summed E-state index contributed by atoms with van der Waals surface area (Å²) in [5.74, 6) is -2.11. The van der Waals surface area contributed by atoms with E-state index in [-0.39, 0.29) is 55.2 Å². The average Bonchev–Trinajstić information content (AvgIpc) is 3.08. The zero-order valence-electron chi connectivity index (χ0n) is 18.7. The van der Waals surface area contributed by atoms with Gasteiger partial charge < -0.3 is 39.0 Å². The van der Waals surface area contributed by atoms with Crippen molar-refractivity contribution in [1.29, 1.82) is 0 Å². The van der Waals surface area contributed by atoms with Crippen LogP contribution < -0.4 is 0 Å². The number of methoxy groups -OCH3 is 1. The Labute approximate surface area is 182 Å². The van der Waals surface area contributed by atoms with E-state index in [1.165, 1.54) is 0 Å². The molecule has 0 aromatic rings. The molecule has 0 saturated carbocycles. The monoisotopic (exact) mass is 444 g/mol. The third-order valence-electron chi connectivity index (χ3n) is 7.95. The lowest BCUT2D eigenvalue weighted by atomic mass is 9.76. The highest BCUT2D eigenvalue weighted by Crippen LogP contribution is 2.49. The molecule has 0 aliphatic carbocycles. The van der Waals surface area contributed by atoms with Crippen LogP contribution in [0.4, 0.5) is 0 Å². The van der Waals surface area contributed by atoms with Crippen LogP contribution in [-0.2, 0) is 28.5 Å². The van der Waals surface area contributed by atoms with Crippen molar-refractivity contribution in [3.8, 4) is 0 Å². The fourth-order valence-corrected chi connectivity index (χ4v) is 5.89. The zero-order valence-corrected chi connectivity index (χ0v) is 18.7. The van der Waals surface area contributed by atoms with Gasteiger partial charge in [0.25, 0.3) is 0 Å². The molecule has 9 heteroatoms. The van der Waals surface area contributed by atoms with Gasteiger partial charge in [-0.05, 0) is 12.3 Å². The molecule has 178 valence electrons. The summed E-state index contributed by atoms with van der Waals surface area (Å²) in [4.78, 5) is 11.1. The van der Waals surface area contributed by atoms with Gasteiger partial charge in [0.05, 0.1) is 49.3 Å². The van der Waals surface area contributed by atoms with Crippen LogP contribution >= 0.6 is 0 Å². The number of carboxylic acid groups (broad SMARTS) is 1. The van der Waals surface area contributed by atoms with Crippen LogP contribution in [0, 0.1) is 17.8 Å². The summed E-state index contributed by atoms with van der Waals surface area (Å²) in [7, 11) is 1.60. The van der Waals surface area contributed by atoms with Gasteiger partial charge in [0.15, 0.2) is 5.79 Å². The Bertz CT molecular complexity index is 659. The summed E-state index contributed by atoms with van der Waals surface area (Å²) in [5.41, 5.74) is 0. The number of aliphatic hydroxyl groups excluding tert-OH is 2. The largest absolute Gasteiger partial charge is 0.481 e. The predicted molar refractivity (Wildman–Crippen MR) is 107 cm³/mol. The Morgan fingerprint density at radius 1 is 1.10 bits per heavy atom. The molecule has 0 unspecified atom stereocenters. The number of ether oxygens (including phenoxy) is 5. The molecule has 4 aliphatic rings. The summed E-state index contributed by atoms with van der Waals surface area (Å²) in [5, 5.41) is 30.5. The number of rotatable bonds is 4. The smallest absolute Gasteiger partial charge is 0.303 e. The lowest BCUT2D eigenvalue weighted by Crippen LogP contribution is -2.61. The number of aliphatic carboxylic acids is 1. The molecule has 9 nitrogen and oxygen atoms in total. The summed E-state index contributed by atoms with van der Waals surface area (Å²) >= 11 is 0. The van der Waals surface area contributed by atoms with Crippen molar-refractivity contribution in [3.63, 3.8) is 0 Å². The molecule has 0 aromatic carbocycles. The van der Waals surface area contributed by atoms with E-state index in [1.807, 2.05) is 13.8 Å². The van der Waals surface area contributed by atoms with E-state index in [0.29, 0.717) is 19.3 Å². The average molecular weight is 445 g/mol. The minimum atomic E-state index is -0.931. The highest BCUT2D eigenvalue weighted by Gasteiger charge is 2.60. The molecule has 4 rings (SSSR count). The SMILES string of the molecule is CO[C@@H]1C[C@@H]2O[C@@H]3[C@@H](C)[C@H](C)[C@@]4(C[C@H](O)CO4)O[C@H]3[C@@H](O)[C@H](C)[C@H]2O[C@H]1CCC(=O)O. The van der Waals surface area contributed by atoms with E-state index >= 15 is 0 Å². The van der Waals surface area contributed by atoms with Crippen LogP contribution in [0.3, 0.4) is 0 Å². The lowest BCUT2D eigenvalue weighted by Gasteiger charge is -2.50. The van der Waals surface area contributed by atoms with Crippen LogP contribution in [-0.4, -0.2) is 89.6 Å². The van der Waals surface area contributed by atoms with Gasteiger partial charge in [-0.25, -0.2) is 0 Å². The van der Waals surface area contributed by atoms with Crippen LogP contribution in [0.5, 0.6) is 0 Å². The summed E-state index contributed by atoms with van der Waals surface area (Å²) in [6.07, 6.45) is -2.50. The van der Waals surface area contributed by atoms with Gasteiger partial charge in [0.1, 0.15) is 6.10 Å². The Morgan fingerprint density at radius 3 is 2.45 bits per heavy atom. The third kappa shape index (κ3) is 4.14. The maximum Gasteiger partial charge on any atom is 0.303 e. The molecule has 4 saturated heterocycles. The third-order valence-corrected chi connectivity index (χ3v) is 7.95. The second-order valence-electron chi connectivity index (χ2n) is 9.78. The highest BCUT2D eigenvalue weighted by atomic mass is 16.7. The number of hydrogen-bond acceptors (Lipinski definition) is 8. The molecule has 31 heavy (non-hydrogen) atoms. The summed E-state index contributed by atoms with van der Waals surface area (Å²) in [6.45, 7) is 6.25. The molecule has 0 radical (unpaired) electrons. The number of fused-ring (bicyclic) bond motifs is 2. The van der Waals surface area contributed by atoms with E-state index < -0.39 is 36.2 Å². The first kappa shape index (κ1) is 23.4. The molecule has 4 heterocycles. The van der Waals surface area contributed by atoms with Crippen LogP contribution in [0.2, 0.25) is 0 Å². The molecular formula is C22H36O9. The molecule has 4 fully saturated rings. The number of carboxylic acids is 1. The van der Waals surface area contributed by atoms with Crippen molar-refractivity contribution in [2.45, 2.75) is 101 Å². The first-order chi connectivity index (χ1) is 14.7. The Hall–Kier alpha value is -0.810. The van der Waals surface area contributed by atoms with E-state index in [9.17, 15) is 15.0 Å². The first-order valence-electron chi connectivity index (χ1n) is 11.4. The van der Waals surface area contributed by atoms with Gasteiger partial charge in [-0.1, -0.05) is 20.8 Å². The van der Waals surface area contributed by atoms with Crippen molar-refractivity contribution >= 4 is 5.97 Å². The Balaban J connectivity index is 1.58. The fourth-order valence-electron chi connectivity index (χ4n) is 5.89. The van der Waals surface area contributed by atoms with Gasteiger partial charge in [0, 0.05) is 38.2 Å². The molecule has 12 atom stereocenters. The highest BCUT2D eigenvalue weighted by molar-refractivity contribution is 5.66. The standard InChI is InChI=1S/C22H36O9/c1-10-12(3)22(8-13(23)9-28-22)31-21-18(26)11(2)19-16(30-20(10)21)7-15(27-4)14(29-19)5-6-17(24)25/h10-16,18-21,23,26H,5-9H2,1-4H3,(H,24,25)/t10-,11-,12-,13-,14-,15+,16-,18-,19+,20+,21-,22+/m0/s1. The minimum absolute atomic E-state index is 0.00913. The predicted octanol–water partition coefficient (Wildman–Crippen LogP) is 0.937. The van der Waals surface area contributed by atoms with E-state index in [2.05, 4.69) is 6.92 Å². The zero-order chi connectivity index (χ0) is 22.5. The van der Waals surface area contributed by atoms with Crippen molar-refractivity contribution in [2.75, 3.05) is 13.7 Å². The minimum Gasteiger partial charge on any atom is -0.481 e. The van der Waals surface area contributed by atoms with Crippen molar-refractivity contribution < 1.29 is 43.8 Å². The second kappa shape index (κ2) is 8.85. The quantitative estimate of drug-likeness (QED) is 0.581. The van der Waals surface area contributed by atoms with Gasteiger partial charge in [0.2, 0.25) is 0 Å². The molecular weight excluding hydrogens is 408 g/mol. The second-order valence-corrected chi connectivity index (χ2v) is 9.78. The topological polar surface area (TPSA) is 124 Å². The summed E-state index contributed by atoms with van der Waals surface area (Å²) < 4.78 is 30.8. The fraction of sp³-hybridized carbons (Fsp3) is 0.955. The van der Waals surface area contributed by atoms with Crippen LogP contribution in [0.1, 0.15) is 46.5 Å². The summed E-state index contributed by atoms with van der Waals surface area (Å²) in [6, 6.07) is 0. The normalized spacial score (nSPS) is 52.4. The van der Waals surface area contributed by atoms with Crippen LogP contribution in [0.25, 0.3) is 0 Å². The molecule has 0 amide bonds. The number of aliphatic hydroxyl groups is 2. The van der Waals surface area contributed by atoms with Crippen molar-refractivity contribution in [3.05, 3.63) is 0 Å². The first-order valence-corrected chi connectivity index (χ1v) is 11.4. The van der Waals surface area contributed by atoms with E-state index in [1.54, 1.807) is 7.11 Å². The van der Waals surface area contributed by atoms with Gasteiger partial charge >= 0.3 is 5.97 Å². The van der Waals surface area contributed by atoms with Gasteiger partial charge in [-0.2, -0.15) is 0 Å². The van der Waals surface area contributed by atoms with Crippen molar-refractivity contribution in [1.82, 2.24) is 0 Å². The molecule has 0 aromatic heterocycles. The maximum absolute atomic E-state index is 11.3.